The fourth-order valence-electron chi connectivity index (χ4n) is 2.19. The van der Waals surface area contributed by atoms with Crippen LogP contribution in [0.4, 0.5) is 0 Å². The summed E-state index contributed by atoms with van der Waals surface area (Å²) < 4.78 is 0.337. The van der Waals surface area contributed by atoms with Gasteiger partial charge in [0.2, 0.25) is 0 Å². The maximum atomic E-state index is 5.89. The molecule has 0 heterocycles. The van der Waals surface area contributed by atoms with E-state index in [-0.39, 0.29) is 5.41 Å². The molecule has 2 N–H and O–H groups in total. The summed E-state index contributed by atoms with van der Waals surface area (Å²) in [5, 5.41) is 0. The second-order valence-electron chi connectivity index (χ2n) is 6.12. The summed E-state index contributed by atoms with van der Waals surface area (Å²) in [6, 6.07) is 9.01. The van der Waals surface area contributed by atoms with Gasteiger partial charge in [-0.3, -0.25) is 0 Å². The van der Waals surface area contributed by atoms with E-state index in [4.69, 9.17) is 5.73 Å². The molecule has 1 saturated carbocycles. The Morgan fingerprint density at radius 3 is 2.12 bits per heavy atom. The zero-order chi connectivity index (χ0) is 12.5. The van der Waals surface area contributed by atoms with Gasteiger partial charge in [0, 0.05) is 16.2 Å². The molecular weight excluding hydrogens is 226 g/mol. The molecule has 0 aromatic heterocycles. The van der Waals surface area contributed by atoms with Crippen molar-refractivity contribution in [3.05, 3.63) is 29.8 Å². The van der Waals surface area contributed by atoms with Gasteiger partial charge in [0.05, 0.1) is 0 Å². The average Bonchev–Trinajstić information content (AvgIpc) is 2.23. The second-order valence-corrected chi connectivity index (χ2v) is 7.66. The van der Waals surface area contributed by atoms with Crippen molar-refractivity contribution in [3.8, 4) is 0 Å². The molecule has 2 rings (SSSR count). The summed E-state index contributed by atoms with van der Waals surface area (Å²) in [5.41, 5.74) is 7.54. The predicted octanol–water partition coefficient (Wildman–Crippen LogP) is 3.96. The van der Waals surface area contributed by atoms with E-state index in [0.29, 0.717) is 4.75 Å². The monoisotopic (exact) mass is 249 g/mol. The normalized spacial score (nSPS) is 18.8. The van der Waals surface area contributed by atoms with Crippen LogP contribution in [0.1, 0.15) is 45.6 Å². The first-order valence-corrected chi connectivity index (χ1v) is 7.27. The van der Waals surface area contributed by atoms with E-state index in [0.717, 1.165) is 6.54 Å². The standard InChI is InChI=1S/C15H23NS/c1-14(2,3)12-5-7-13(8-6-12)17-15(11-16)9-4-10-15/h5-8H,4,9-11,16H2,1-3H3. The first kappa shape index (κ1) is 13.0. The lowest BCUT2D eigenvalue weighted by Gasteiger charge is -2.40. The van der Waals surface area contributed by atoms with Crippen LogP contribution in [0.2, 0.25) is 0 Å². The quantitative estimate of drug-likeness (QED) is 0.877. The van der Waals surface area contributed by atoms with Crippen molar-refractivity contribution in [2.24, 2.45) is 5.73 Å². The topological polar surface area (TPSA) is 26.0 Å². The highest BCUT2D eigenvalue weighted by Crippen LogP contribution is 2.46. The molecule has 0 amide bonds. The number of hydrogen-bond acceptors (Lipinski definition) is 2. The Kier molecular flexibility index (Phi) is 3.55. The molecule has 0 atom stereocenters. The molecule has 17 heavy (non-hydrogen) atoms. The van der Waals surface area contributed by atoms with Crippen LogP contribution in [0.3, 0.4) is 0 Å². The first-order valence-electron chi connectivity index (χ1n) is 6.45. The first-order chi connectivity index (χ1) is 7.95. The van der Waals surface area contributed by atoms with Gasteiger partial charge in [0.1, 0.15) is 0 Å². The van der Waals surface area contributed by atoms with Crippen LogP contribution in [0.25, 0.3) is 0 Å². The summed E-state index contributed by atoms with van der Waals surface area (Å²) in [5.74, 6) is 0. The average molecular weight is 249 g/mol. The molecule has 0 spiro atoms. The number of nitrogens with two attached hydrogens (primary N) is 1. The summed E-state index contributed by atoms with van der Waals surface area (Å²) in [6.07, 6.45) is 3.88. The summed E-state index contributed by atoms with van der Waals surface area (Å²) in [4.78, 5) is 1.36. The van der Waals surface area contributed by atoms with Crippen LogP contribution in [0.15, 0.2) is 29.2 Å². The van der Waals surface area contributed by atoms with Crippen molar-refractivity contribution >= 4 is 11.8 Å². The molecule has 1 aromatic carbocycles. The highest BCUT2D eigenvalue weighted by atomic mass is 32.2. The molecule has 1 aliphatic carbocycles. The molecular formula is C15H23NS. The fourth-order valence-corrected chi connectivity index (χ4v) is 3.54. The van der Waals surface area contributed by atoms with E-state index in [2.05, 4.69) is 45.0 Å². The van der Waals surface area contributed by atoms with E-state index < -0.39 is 0 Å². The van der Waals surface area contributed by atoms with E-state index >= 15 is 0 Å². The lowest BCUT2D eigenvalue weighted by molar-refractivity contribution is 0.371. The third-order valence-electron chi connectivity index (χ3n) is 3.69. The van der Waals surface area contributed by atoms with Crippen LogP contribution in [0, 0.1) is 0 Å². The third kappa shape index (κ3) is 2.86. The molecule has 94 valence electrons. The molecule has 1 aliphatic rings. The second kappa shape index (κ2) is 4.66. The fraction of sp³-hybridized carbons (Fsp3) is 0.600. The highest BCUT2D eigenvalue weighted by molar-refractivity contribution is 8.00. The Balaban J connectivity index is 2.08. The van der Waals surface area contributed by atoms with Crippen molar-refractivity contribution < 1.29 is 0 Å². The van der Waals surface area contributed by atoms with E-state index in [9.17, 15) is 0 Å². The minimum absolute atomic E-state index is 0.241. The maximum absolute atomic E-state index is 5.89. The van der Waals surface area contributed by atoms with Gasteiger partial charge in [-0.15, -0.1) is 11.8 Å². The van der Waals surface area contributed by atoms with Gasteiger partial charge < -0.3 is 5.73 Å². The highest BCUT2D eigenvalue weighted by Gasteiger charge is 2.36. The summed E-state index contributed by atoms with van der Waals surface area (Å²) >= 11 is 1.97. The number of hydrogen-bond donors (Lipinski definition) is 1. The zero-order valence-corrected chi connectivity index (χ0v) is 11.9. The Labute approximate surface area is 109 Å². The maximum Gasteiger partial charge on any atom is 0.0329 e. The van der Waals surface area contributed by atoms with Gasteiger partial charge in [0.15, 0.2) is 0 Å². The van der Waals surface area contributed by atoms with E-state index in [1.54, 1.807) is 0 Å². The van der Waals surface area contributed by atoms with Gasteiger partial charge in [-0.25, -0.2) is 0 Å². The van der Waals surface area contributed by atoms with Crippen LogP contribution in [-0.4, -0.2) is 11.3 Å². The Morgan fingerprint density at radius 2 is 1.76 bits per heavy atom. The van der Waals surface area contributed by atoms with Gasteiger partial charge >= 0.3 is 0 Å². The largest absolute Gasteiger partial charge is 0.329 e. The molecule has 0 radical (unpaired) electrons. The summed E-state index contributed by atoms with van der Waals surface area (Å²) in [7, 11) is 0. The van der Waals surface area contributed by atoms with Gasteiger partial charge in [-0.1, -0.05) is 39.3 Å². The molecule has 2 heteroatoms. The molecule has 0 saturated heterocycles. The van der Waals surface area contributed by atoms with Crippen molar-refractivity contribution in [1.29, 1.82) is 0 Å². The van der Waals surface area contributed by atoms with Gasteiger partial charge in [-0.05, 0) is 36.0 Å². The summed E-state index contributed by atoms with van der Waals surface area (Å²) in [6.45, 7) is 7.56. The molecule has 1 aromatic rings. The van der Waals surface area contributed by atoms with Crippen LogP contribution < -0.4 is 5.73 Å². The number of benzene rings is 1. The predicted molar refractivity (Wildman–Crippen MR) is 76.6 cm³/mol. The molecule has 1 fully saturated rings. The lowest BCUT2D eigenvalue weighted by atomic mass is 9.84. The zero-order valence-electron chi connectivity index (χ0n) is 11.1. The van der Waals surface area contributed by atoms with Gasteiger partial charge in [0.25, 0.3) is 0 Å². The molecule has 0 bridgehead atoms. The smallest absolute Gasteiger partial charge is 0.0329 e. The SMILES string of the molecule is CC(C)(C)c1ccc(SC2(CN)CCC2)cc1. The van der Waals surface area contributed by atoms with Crippen LogP contribution in [0.5, 0.6) is 0 Å². The number of thioether (sulfide) groups is 1. The number of rotatable bonds is 3. The van der Waals surface area contributed by atoms with Crippen molar-refractivity contribution in [2.45, 2.75) is 55.1 Å². The van der Waals surface area contributed by atoms with Crippen LogP contribution >= 0.6 is 11.8 Å². The molecule has 1 nitrogen and oxygen atoms in total. The lowest BCUT2D eigenvalue weighted by Crippen LogP contribution is -2.40. The van der Waals surface area contributed by atoms with E-state index in [1.807, 2.05) is 11.8 Å². The van der Waals surface area contributed by atoms with Crippen molar-refractivity contribution in [2.75, 3.05) is 6.54 Å². The van der Waals surface area contributed by atoms with Crippen molar-refractivity contribution in [1.82, 2.24) is 0 Å². The minimum atomic E-state index is 0.241. The third-order valence-corrected chi connectivity index (χ3v) is 5.21. The van der Waals surface area contributed by atoms with Crippen LogP contribution in [-0.2, 0) is 5.41 Å². The van der Waals surface area contributed by atoms with Crippen molar-refractivity contribution in [3.63, 3.8) is 0 Å². The Bertz CT molecular complexity index is 365. The Morgan fingerprint density at radius 1 is 1.18 bits per heavy atom. The van der Waals surface area contributed by atoms with E-state index in [1.165, 1.54) is 29.7 Å². The molecule has 0 aliphatic heterocycles. The van der Waals surface area contributed by atoms with Gasteiger partial charge in [-0.2, -0.15) is 0 Å². The Hall–Kier alpha value is -0.470. The minimum Gasteiger partial charge on any atom is -0.329 e. The molecule has 0 unspecified atom stereocenters.